The van der Waals surface area contributed by atoms with Crippen molar-refractivity contribution in [2.45, 2.75) is 6.18 Å². The Morgan fingerprint density at radius 1 is 1.33 bits per heavy atom. The second-order valence-electron chi connectivity index (χ2n) is 2.71. The van der Waals surface area contributed by atoms with Crippen LogP contribution in [0.15, 0.2) is 18.2 Å². The van der Waals surface area contributed by atoms with E-state index in [2.05, 4.69) is 0 Å². The molecule has 0 heterocycles. The maximum atomic E-state index is 12.2. The standard InChI is InChI=1S/C9H5F3O3/c10-9(11,12)6-1-2-7(8(14)15)5(3-6)4-13/h1-4H,(H,14,15)/p-1. The molecule has 1 rings (SSSR count). The van der Waals surface area contributed by atoms with Gasteiger partial charge in [0.2, 0.25) is 0 Å². The van der Waals surface area contributed by atoms with E-state index in [4.69, 9.17) is 0 Å². The maximum Gasteiger partial charge on any atom is 0.416 e. The number of carboxylic acids is 1. The fourth-order valence-corrected chi connectivity index (χ4v) is 1.02. The molecule has 0 bridgehead atoms. The lowest BCUT2D eigenvalue weighted by molar-refractivity contribution is -0.255. The third-order valence-corrected chi connectivity index (χ3v) is 1.73. The van der Waals surface area contributed by atoms with Crippen LogP contribution >= 0.6 is 0 Å². The number of halogens is 3. The summed E-state index contributed by atoms with van der Waals surface area (Å²) in [6.07, 6.45) is -4.57. The molecule has 80 valence electrons. The number of hydrogen-bond acceptors (Lipinski definition) is 3. The van der Waals surface area contributed by atoms with Crippen LogP contribution in [0.1, 0.15) is 26.3 Å². The normalized spacial score (nSPS) is 11.1. The van der Waals surface area contributed by atoms with Crippen LogP contribution in [0.3, 0.4) is 0 Å². The molecule has 0 saturated heterocycles. The first-order chi connectivity index (χ1) is 6.86. The van der Waals surface area contributed by atoms with E-state index in [9.17, 15) is 27.9 Å². The molecule has 0 spiro atoms. The van der Waals surface area contributed by atoms with Crippen LogP contribution in [-0.4, -0.2) is 12.3 Å². The highest BCUT2D eigenvalue weighted by atomic mass is 19.4. The topological polar surface area (TPSA) is 57.2 Å². The molecule has 0 N–H and O–H groups in total. The molecule has 1 aromatic rings. The van der Waals surface area contributed by atoms with Gasteiger partial charge in [0.05, 0.1) is 11.5 Å². The average molecular weight is 217 g/mol. The summed E-state index contributed by atoms with van der Waals surface area (Å²) in [5, 5.41) is 10.4. The second-order valence-corrected chi connectivity index (χ2v) is 2.71. The first kappa shape index (κ1) is 11.2. The number of benzene rings is 1. The predicted molar refractivity (Wildman–Crippen MR) is 41.2 cm³/mol. The van der Waals surface area contributed by atoms with E-state index >= 15 is 0 Å². The van der Waals surface area contributed by atoms with Crippen LogP contribution in [0.25, 0.3) is 0 Å². The summed E-state index contributed by atoms with van der Waals surface area (Å²) in [4.78, 5) is 20.7. The maximum absolute atomic E-state index is 12.2. The van der Waals surface area contributed by atoms with Crippen LogP contribution in [0.5, 0.6) is 0 Å². The van der Waals surface area contributed by atoms with E-state index in [1.165, 1.54) is 0 Å². The van der Waals surface area contributed by atoms with Crippen LogP contribution < -0.4 is 5.11 Å². The monoisotopic (exact) mass is 217 g/mol. The number of carboxylic acid groups (broad SMARTS) is 1. The van der Waals surface area contributed by atoms with Gasteiger partial charge in [-0.05, 0) is 12.1 Å². The third-order valence-electron chi connectivity index (χ3n) is 1.73. The Morgan fingerprint density at radius 2 is 1.93 bits per heavy atom. The van der Waals surface area contributed by atoms with Gasteiger partial charge in [-0.1, -0.05) is 6.07 Å². The van der Waals surface area contributed by atoms with Crippen LogP contribution in [-0.2, 0) is 6.18 Å². The van der Waals surface area contributed by atoms with Crippen molar-refractivity contribution < 1.29 is 27.9 Å². The minimum atomic E-state index is -4.61. The van der Waals surface area contributed by atoms with Crippen LogP contribution in [0.2, 0.25) is 0 Å². The average Bonchev–Trinajstić information content (AvgIpc) is 2.15. The minimum Gasteiger partial charge on any atom is -0.545 e. The summed E-state index contributed by atoms with van der Waals surface area (Å²) in [5.41, 5.74) is -2.18. The second kappa shape index (κ2) is 3.72. The summed E-state index contributed by atoms with van der Waals surface area (Å²) in [7, 11) is 0. The molecule has 0 aliphatic carbocycles. The molecule has 0 unspecified atom stereocenters. The van der Waals surface area contributed by atoms with Crippen molar-refractivity contribution in [3.05, 3.63) is 34.9 Å². The first-order valence-corrected chi connectivity index (χ1v) is 3.74. The largest absolute Gasteiger partial charge is 0.545 e. The van der Waals surface area contributed by atoms with Gasteiger partial charge in [-0.25, -0.2) is 0 Å². The highest BCUT2D eigenvalue weighted by molar-refractivity contribution is 5.96. The number of rotatable bonds is 2. The zero-order valence-corrected chi connectivity index (χ0v) is 7.17. The zero-order chi connectivity index (χ0) is 11.6. The molecule has 0 atom stereocenters. The minimum absolute atomic E-state index is 0.0420. The van der Waals surface area contributed by atoms with E-state index in [-0.39, 0.29) is 6.29 Å². The highest BCUT2D eigenvalue weighted by Crippen LogP contribution is 2.30. The van der Waals surface area contributed by atoms with E-state index in [1.54, 1.807) is 0 Å². The van der Waals surface area contributed by atoms with Crippen molar-refractivity contribution in [2.24, 2.45) is 0 Å². The van der Waals surface area contributed by atoms with Gasteiger partial charge in [0.15, 0.2) is 6.29 Å². The van der Waals surface area contributed by atoms with Crippen molar-refractivity contribution >= 4 is 12.3 Å². The Balaban J connectivity index is 3.31. The smallest absolute Gasteiger partial charge is 0.416 e. The van der Waals surface area contributed by atoms with Gasteiger partial charge < -0.3 is 9.90 Å². The molecule has 3 nitrogen and oxygen atoms in total. The Kier molecular flexibility index (Phi) is 2.78. The van der Waals surface area contributed by atoms with E-state index in [0.717, 1.165) is 0 Å². The Morgan fingerprint density at radius 3 is 2.33 bits per heavy atom. The van der Waals surface area contributed by atoms with Crippen LogP contribution in [0, 0.1) is 0 Å². The lowest BCUT2D eigenvalue weighted by Crippen LogP contribution is -2.24. The Bertz CT molecular complexity index is 410. The molecular weight excluding hydrogens is 213 g/mol. The quantitative estimate of drug-likeness (QED) is 0.691. The zero-order valence-electron chi connectivity index (χ0n) is 7.17. The Labute approximate surface area is 82.1 Å². The molecule has 15 heavy (non-hydrogen) atoms. The van der Waals surface area contributed by atoms with Crippen LogP contribution in [0.4, 0.5) is 13.2 Å². The molecule has 1 aromatic carbocycles. The van der Waals surface area contributed by atoms with Gasteiger partial charge in [0, 0.05) is 11.1 Å². The van der Waals surface area contributed by atoms with E-state index < -0.39 is 28.8 Å². The Hall–Kier alpha value is -1.85. The summed E-state index contributed by atoms with van der Waals surface area (Å²) >= 11 is 0. The van der Waals surface area contributed by atoms with Crippen molar-refractivity contribution in [3.8, 4) is 0 Å². The molecule has 0 aliphatic heterocycles. The number of aromatic carboxylic acids is 1. The lowest BCUT2D eigenvalue weighted by atomic mass is 10.0. The highest BCUT2D eigenvalue weighted by Gasteiger charge is 2.30. The van der Waals surface area contributed by atoms with Gasteiger partial charge in [0.1, 0.15) is 0 Å². The lowest BCUT2D eigenvalue weighted by Gasteiger charge is -2.10. The molecule has 0 radical (unpaired) electrons. The summed E-state index contributed by atoms with van der Waals surface area (Å²) < 4.78 is 36.5. The van der Waals surface area contributed by atoms with E-state index in [1.807, 2.05) is 0 Å². The number of hydrogen-bond donors (Lipinski definition) is 0. The van der Waals surface area contributed by atoms with E-state index in [0.29, 0.717) is 18.2 Å². The fourth-order valence-electron chi connectivity index (χ4n) is 1.02. The van der Waals surface area contributed by atoms with Crippen molar-refractivity contribution in [3.63, 3.8) is 0 Å². The summed E-state index contributed by atoms with van der Waals surface area (Å²) in [6.45, 7) is 0. The van der Waals surface area contributed by atoms with Crippen molar-refractivity contribution in [2.75, 3.05) is 0 Å². The SMILES string of the molecule is O=Cc1cc(C(F)(F)F)ccc1C(=O)[O-]. The number of aldehydes is 1. The van der Waals surface area contributed by atoms with Crippen molar-refractivity contribution in [1.29, 1.82) is 0 Å². The number of carbonyl (C=O) groups is 2. The number of alkyl halides is 3. The van der Waals surface area contributed by atoms with Gasteiger partial charge in [-0.15, -0.1) is 0 Å². The molecule has 6 heteroatoms. The molecule has 0 saturated carbocycles. The number of carbonyl (C=O) groups excluding carboxylic acids is 2. The van der Waals surface area contributed by atoms with Gasteiger partial charge >= 0.3 is 6.18 Å². The van der Waals surface area contributed by atoms with Crippen molar-refractivity contribution in [1.82, 2.24) is 0 Å². The molecule has 0 aliphatic rings. The fraction of sp³-hybridized carbons (Fsp3) is 0.111. The summed E-state index contributed by atoms with van der Waals surface area (Å²) in [6, 6.07) is 1.75. The van der Waals surface area contributed by atoms with Gasteiger partial charge in [-0.2, -0.15) is 13.2 Å². The van der Waals surface area contributed by atoms with Gasteiger partial charge in [0.25, 0.3) is 0 Å². The summed E-state index contributed by atoms with van der Waals surface area (Å²) in [5.74, 6) is -1.69. The first-order valence-electron chi connectivity index (χ1n) is 3.74. The molecule has 0 fully saturated rings. The molecule has 0 amide bonds. The predicted octanol–water partition coefficient (Wildman–Crippen LogP) is 0.881. The molecular formula is C9H4F3O3-. The van der Waals surface area contributed by atoms with Gasteiger partial charge in [-0.3, -0.25) is 4.79 Å². The third kappa shape index (κ3) is 2.34. The molecule has 0 aromatic heterocycles.